The van der Waals surface area contributed by atoms with E-state index in [1.807, 2.05) is 19.1 Å². The molecule has 2 heterocycles. The van der Waals surface area contributed by atoms with E-state index in [4.69, 9.17) is 13.7 Å². The highest BCUT2D eigenvalue weighted by atomic mass is 16.5. The first-order valence-corrected chi connectivity index (χ1v) is 9.05. The maximum absolute atomic E-state index is 13.1. The zero-order valence-corrected chi connectivity index (χ0v) is 15.0. The number of carbonyl (C=O) groups is 1. The number of ether oxygens (including phenoxy) is 1. The molecule has 0 radical (unpaired) electrons. The quantitative estimate of drug-likeness (QED) is 0.685. The third kappa shape index (κ3) is 4.31. The molecule has 0 N–H and O–H groups in total. The van der Waals surface area contributed by atoms with Gasteiger partial charge in [-0.1, -0.05) is 12.1 Å². The molecule has 0 spiro atoms. The summed E-state index contributed by atoms with van der Waals surface area (Å²) in [5.74, 6) is 2.09. The lowest BCUT2D eigenvalue weighted by Crippen LogP contribution is -2.33. The first-order valence-electron chi connectivity index (χ1n) is 9.05. The maximum Gasteiger partial charge on any atom is 0.276 e. The monoisotopic (exact) mass is 346 g/mol. The van der Waals surface area contributed by atoms with E-state index >= 15 is 0 Å². The Morgan fingerprint density at radius 2 is 2.36 bits per heavy atom. The van der Waals surface area contributed by atoms with Gasteiger partial charge in [0.1, 0.15) is 11.5 Å². The van der Waals surface area contributed by atoms with Crippen molar-refractivity contribution in [3.63, 3.8) is 0 Å². The second-order valence-corrected chi connectivity index (χ2v) is 6.64. The summed E-state index contributed by atoms with van der Waals surface area (Å²) in [5, 5.41) is 4.10. The average Bonchev–Trinajstić information content (AvgIpc) is 3.26. The highest BCUT2D eigenvalue weighted by molar-refractivity contribution is 5.93. The molecular formula is C19H26N2O4. The molecule has 0 fully saturated rings. The van der Waals surface area contributed by atoms with Gasteiger partial charge in [-0.25, -0.2) is 0 Å². The molecule has 25 heavy (non-hydrogen) atoms. The lowest BCUT2D eigenvalue weighted by Gasteiger charge is -2.22. The Morgan fingerprint density at radius 3 is 3.12 bits per heavy atom. The second kappa shape index (κ2) is 8.34. The molecule has 0 saturated carbocycles. The fourth-order valence-electron chi connectivity index (χ4n) is 3.24. The molecule has 1 aliphatic carbocycles. The molecule has 1 aliphatic rings. The van der Waals surface area contributed by atoms with Gasteiger partial charge in [-0.3, -0.25) is 4.79 Å². The van der Waals surface area contributed by atoms with Crippen molar-refractivity contribution in [1.82, 2.24) is 10.1 Å². The minimum Gasteiger partial charge on any atom is -0.467 e. The Balaban J connectivity index is 1.75. The molecule has 1 amide bonds. The van der Waals surface area contributed by atoms with E-state index in [0.29, 0.717) is 37.9 Å². The molecule has 2 aromatic heterocycles. The van der Waals surface area contributed by atoms with Gasteiger partial charge in [-0.05, 0) is 44.2 Å². The van der Waals surface area contributed by atoms with Gasteiger partial charge in [-0.15, -0.1) is 0 Å². The van der Waals surface area contributed by atoms with E-state index in [1.54, 1.807) is 11.2 Å². The number of aromatic nitrogens is 1. The van der Waals surface area contributed by atoms with Crippen molar-refractivity contribution >= 4 is 5.91 Å². The van der Waals surface area contributed by atoms with Crippen LogP contribution in [-0.4, -0.2) is 35.7 Å². The van der Waals surface area contributed by atoms with Gasteiger partial charge in [0.15, 0.2) is 5.69 Å². The number of fused-ring (bicyclic) bond motifs is 1. The second-order valence-electron chi connectivity index (χ2n) is 6.64. The summed E-state index contributed by atoms with van der Waals surface area (Å²) in [7, 11) is 0. The smallest absolute Gasteiger partial charge is 0.276 e. The SMILES string of the molecule is CCOCCCN(Cc1ccco1)C(=O)c1noc2c1C[C@@H](C)CC2. The van der Waals surface area contributed by atoms with Crippen molar-refractivity contribution in [3.8, 4) is 0 Å². The lowest BCUT2D eigenvalue weighted by molar-refractivity contribution is 0.0688. The van der Waals surface area contributed by atoms with Crippen LogP contribution in [0.15, 0.2) is 27.3 Å². The number of hydrogen-bond donors (Lipinski definition) is 0. The molecule has 0 bridgehead atoms. The Hall–Kier alpha value is -2.08. The minimum atomic E-state index is -0.0907. The van der Waals surface area contributed by atoms with Crippen molar-refractivity contribution in [3.05, 3.63) is 41.2 Å². The number of hydrogen-bond acceptors (Lipinski definition) is 5. The van der Waals surface area contributed by atoms with Gasteiger partial charge < -0.3 is 18.6 Å². The third-order valence-electron chi connectivity index (χ3n) is 4.62. The van der Waals surface area contributed by atoms with E-state index in [-0.39, 0.29) is 5.91 Å². The van der Waals surface area contributed by atoms with Crippen molar-refractivity contribution in [2.75, 3.05) is 19.8 Å². The Morgan fingerprint density at radius 1 is 1.48 bits per heavy atom. The molecular weight excluding hydrogens is 320 g/mol. The average molecular weight is 346 g/mol. The Kier molecular flexibility index (Phi) is 5.91. The number of aryl methyl sites for hydroxylation is 1. The van der Waals surface area contributed by atoms with Crippen molar-refractivity contribution in [2.45, 2.75) is 46.1 Å². The zero-order chi connectivity index (χ0) is 17.6. The van der Waals surface area contributed by atoms with Gasteiger partial charge >= 0.3 is 0 Å². The van der Waals surface area contributed by atoms with E-state index < -0.39 is 0 Å². The van der Waals surface area contributed by atoms with Crippen LogP contribution in [-0.2, 0) is 24.1 Å². The van der Waals surface area contributed by atoms with Crippen LogP contribution in [0.5, 0.6) is 0 Å². The van der Waals surface area contributed by atoms with Crippen LogP contribution in [0, 0.1) is 5.92 Å². The molecule has 136 valence electrons. The summed E-state index contributed by atoms with van der Waals surface area (Å²) < 4.78 is 16.3. The normalized spacial score (nSPS) is 16.6. The van der Waals surface area contributed by atoms with Crippen molar-refractivity contribution < 1.29 is 18.5 Å². The fourth-order valence-corrected chi connectivity index (χ4v) is 3.24. The Bertz CT molecular complexity index is 678. The molecule has 3 rings (SSSR count). The lowest BCUT2D eigenvalue weighted by atomic mass is 9.88. The van der Waals surface area contributed by atoms with Crippen LogP contribution in [0.25, 0.3) is 0 Å². The third-order valence-corrected chi connectivity index (χ3v) is 4.62. The number of nitrogens with zero attached hydrogens (tertiary/aromatic N) is 2. The van der Waals surface area contributed by atoms with Crippen LogP contribution in [0.3, 0.4) is 0 Å². The van der Waals surface area contributed by atoms with Crippen LogP contribution in [0.2, 0.25) is 0 Å². The summed E-state index contributed by atoms with van der Waals surface area (Å²) in [5.41, 5.74) is 1.45. The van der Waals surface area contributed by atoms with Gasteiger partial charge in [0.2, 0.25) is 0 Å². The molecule has 6 heteroatoms. The highest BCUT2D eigenvalue weighted by Gasteiger charge is 2.29. The van der Waals surface area contributed by atoms with Gasteiger partial charge in [-0.2, -0.15) is 0 Å². The number of amides is 1. The molecule has 6 nitrogen and oxygen atoms in total. The van der Waals surface area contributed by atoms with Crippen molar-refractivity contribution in [1.29, 1.82) is 0 Å². The van der Waals surface area contributed by atoms with Gasteiger partial charge in [0.05, 0.1) is 12.8 Å². The van der Waals surface area contributed by atoms with Gasteiger partial charge in [0.25, 0.3) is 5.91 Å². The van der Waals surface area contributed by atoms with E-state index in [9.17, 15) is 4.79 Å². The largest absolute Gasteiger partial charge is 0.467 e. The van der Waals surface area contributed by atoms with E-state index in [2.05, 4.69) is 12.1 Å². The summed E-state index contributed by atoms with van der Waals surface area (Å²) >= 11 is 0. The van der Waals surface area contributed by atoms with Crippen LogP contribution in [0.4, 0.5) is 0 Å². The fraction of sp³-hybridized carbons (Fsp3) is 0.579. The predicted octanol–water partition coefficient (Wildman–Crippen LogP) is 3.46. The molecule has 1 atom stereocenters. The van der Waals surface area contributed by atoms with E-state index in [1.165, 1.54) is 0 Å². The highest BCUT2D eigenvalue weighted by Crippen LogP contribution is 2.28. The van der Waals surface area contributed by atoms with E-state index in [0.717, 1.165) is 42.8 Å². The summed E-state index contributed by atoms with van der Waals surface area (Å²) in [6.07, 6.45) is 5.20. The number of furan rings is 1. The molecule has 0 saturated heterocycles. The summed E-state index contributed by atoms with van der Waals surface area (Å²) in [4.78, 5) is 14.9. The summed E-state index contributed by atoms with van der Waals surface area (Å²) in [6.45, 7) is 6.50. The number of carbonyl (C=O) groups excluding carboxylic acids is 1. The zero-order valence-electron chi connectivity index (χ0n) is 15.0. The van der Waals surface area contributed by atoms with Crippen LogP contribution in [0.1, 0.15) is 54.3 Å². The van der Waals surface area contributed by atoms with Crippen LogP contribution >= 0.6 is 0 Å². The van der Waals surface area contributed by atoms with Gasteiger partial charge in [0, 0.05) is 31.7 Å². The first-order chi connectivity index (χ1) is 12.2. The summed E-state index contributed by atoms with van der Waals surface area (Å²) in [6, 6.07) is 3.71. The molecule has 0 aromatic carbocycles. The maximum atomic E-state index is 13.1. The minimum absolute atomic E-state index is 0.0907. The number of rotatable bonds is 8. The first kappa shape index (κ1) is 17.7. The van der Waals surface area contributed by atoms with Crippen LogP contribution < -0.4 is 0 Å². The topological polar surface area (TPSA) is 68.7 Å². The Labute approximate surface area is 148 Å². The molecule has 0 aliphatic heterocycles. The standard InChI is InChI=1S/C19H26N2O4/c1-3-23-10-5-9-21(13-15-6-4-11-24-15)19(22)18-16-12-14(2)7-8-17(16)25-20-18/h4,6,11,14H,3,5,7-10,12-13H2,1-2H3/t14-/m0/s1. The molecule has 2 aromatic rings. The van der Waals surface area contributed by atoms with Crippen molar-refractivity contribution in [2.24, 2.45) is 5.92 Å². The predicted molar refractivity (Wildman–Crippen MR) is 92.3 cm³/mol. The molecule has 0 unspecified atom stereocenters.